The molecular weight excluding hydrogens is 390 g/mol. The van der Waals surface area contributed by atoms with Crippen LogP contribution in [0.15, 0.2) is 60.0 Å². The number of anilines is 1. The zero-order valence-corrected chi connectivity index (χ0v) is 19.9. The molecule has 0 aromatic heterocycles. The molecule has 0 spiro atoms. The van der Waals surface area contributed by atoms with Gasteiger partial charge in [-0.05, 0) is 64.8 Å². The third-order valence-electron chi connectivity index (χ3n) is 4.23. The molecule has 1 amide bonds. The van der Waals surface area contributed by atoms with Crippen LogP contribution in [-0.4, -0.2) is 39.3 Å². The molecular formula is C24H41N5O2. The van der Waals surface area contributed by atoms with Gasteiger partial charge in [0.1, 0.15) is 0 Å². The van der Waals surface area contributed by atoms with E-state index in [4.69, 9.17) is 11.6 Å². The van der Waals surface area contributed by atoms with Gasteiger partial charge in [0.2, 0.25) is 0 Å². The van der Waals surface area contributed by atoms with Crippen LogP contribution >= 0.6 is 0 Å². The molecule has 0 atom stereocenters. The predicted octanol–water partition coefficient (Wildman–Crippen LogP) is 3.46. The van der Waals surface area contributed by atoms with Crippen molar-refractivity contribution in [1.82, 2.24) is 10.6 Å². The van der Waals surface area contributed by atoms with E-state index in [0.717, 1.165) is 17.1 Å². The number of benzene rings is 1. The minimum absolute atomic E-state index is 0.0852. The number of hydrogen-bond donors (Lipinski definition) is 4. The molecule has 1 aliphatic carbocycles. The summed E-state index contributed by atoms with van der Waals surface area (Å²) in [5.41, 5.74) is 9.02. The highest BCUT2D eigenvalue weighted by Gasteiger charge is 2.20. The van der Waals surface area contributed by atoms with Gasteiger partial charge in [0.05, 0.1) is 11.4 Å². The monoisotopic (exact) mass is 431 g/mol. The van der Waals surface area contributed by atoms with Gasteiger partial charge in [-0.25, -0.2) is 5.84 Å². The standard InChI is InChI=1S/C16H25N5O.C6H10.C2H6O/c1-3-19-16(22)12-4-8-14(9-5-12)21(18)11(2)15(17)10-20-13-6-7-13;1-3-5-6-4-2;1-3-2/h4-5,8-9,13,20H,3,6-7,10,17-18H2,1-2H3,(H,19,22);3-6H,1-2H3;1-2H3/b15-11-;5-3-,6-4-;. The van der Waals surface area contributed by atoms with Gasteiger partial charge < -0.3 is 21.1 Å². The lowest BCUT2D eigenvalue weighted by Gasteiger charge is -2.22. The molecule has 1 aromatic rings. The van der Waals surface area contributed by atoms with Crippen LogP contribution in [0.1, 0.15) is 50.9 Å². The Balaban J connectivity index is 0.000000848. The number of carbonyl (C=O) groups is 1. The first kappa shape index (κ1) is 28.4. The maximum absolute atomic E-state index is 11.7. The number of hydrogen-bond acceptors (Lipinski definition) is 6. The van der Waals surface area contributed by atoms with E-state index in [0.29, 0.717) is 24.7 Å². The third-order valence-corrected chi connectivity index (χ3v) is 4.23. The number of methoxy groups -OCH3 is 1. The van der Waals surface area contributed by atoms with Crippen molar-refractivity contribution in [2.24, 2.45) is 11.6 Å². The molecule has 1 saturated carbocycles. The Labute approximate surface area is 188 Å². The van der Waals surface area contributed by atoms with Crippen LogP contribution in [0.25, 0.3) is 0 Å². The molecule has 2 rings (SSSR count). The quantitative estimate of drug-likeness (QED) is 0.285. The van der Waals surface area contributed by atoms with Crippen molar-refractivity contribution in [2.45, 2.75) is 46.6 Å². The fourth-order valence-corrected chi connectivity index (χ4v) is 2.28. The van der Waals surface area contributed by atoms with Crippen LogP contribution in [0.2, 0.25) is 0 Å². The maximum Gasteiger partial charge on any atom is 0.251 e. The van der Waals surface area contributed by atoms with Crippen molar-refractivity contribution < 1.29 is 9.53 Å². The average Bonchev–Trinajstić information content (AvgIpc) is 3.61. The molecule has 1 aromatic carbocycles. The summed E-state index contributed by atoms with van der Waals surface area (Å²) in [5, 5.41) is 7.67. The lowest BCUT2D eigenvalue weighted by Crippen LogP contribution is -2.34. The molecule has 1 fully saturated rings. The zero-order valence-electron chi connectivity index (χ0n) is 19.9. The smallest absolute Gasteiger partial charge is 0.251 e. The summed E-state index contributed by atoms with van der Waals surface area (Å²) in [4.78, 5) is 11.7. The van der Waals surface area contributed by atoms with Crippen molar-refractivity contribution in [2.75, 3.05) is 32.3 Å². The molecule has 7 nitrogen and oxygen atoms in total. The first-order valence-corrected chi connectivity index (χ1v) is 10.6. The number of nitrogens with two attached hydrogens (primary N) is 2. The third kappa shape index (κ3) is 12.6. The number of ether oxygens (including phenoxy) is 1. The number of amides is 1. The zero-order chi connectivity index (χ0) is 23.6. The van der Waals surface area contributed by atoms with Crippen molar-refractivity contribution in [3.63, 3.8) is 0 Å². The molecule has 0 bridgehead atoms. The van der Waals surface area contributed by atoms with E-state index in [1.54, 1.807) is 31.4 Å². The van der Waals surface area contributed by atoms with Crippen LogP contribution in [0.3, 0.4) is 0 Å². The Bertz CT molecular complexity index is 697. The molecule has 1 aliphatic rings. The summed E-state index contributed by atoms with van der Waals surface area (Å²) in [6.45, 7) is 9.03. The van der Waals surface area contributed by atoms with Gasteiger partial charge in [0.25, 0.3) is 5.91 Å². The van der Waals surface area contributed by atoms with E-state index in [-0.39, 0.29) is 5.91 Å². The summed E-state index contributed by atoms with van der Waals surface area (Å²) in [6.07, 6.45) is 10.4. The van der Waals surface area contributed by atoms with Gasteiger partial charge in [-0.15, -0.1) is 0 Å². The molecule has 0 aliphatic heterocycles. The molecule has 0 radical (unpaired) electrons. The van der Waals surface area contributed by atoms with Crippen molar-refractivity contribution in [1.29, 1.82) is 0 Å². The summed E-state index contributed by atoms with van der Waals surface area (Å²) in [7, 11) is 3.25. The van der Waals surface area contributed by atoms with E-state index < -0.39 is 0 Å². The Kier molecular flexibility index (Phi) is 15.7. The van der Waals surface area contributed by atoms with Gasteiger partial charge in [0, 0.05) is 44.6 Å². The molecule has 6 N–H and O–H groups in total. The first-order valence-electron chi connectivity index (χ1n) is 10.6. The number of nitrogens with zero attached hydrogens (tertiary/aromatic N) is 1. The van der Waals surface area contributed by atoms with E-state index in [1.165, 1.54) is 12.8 Å². The molecule has 0 heterocycles. The molecule has 7 heteroatoms. The summed E-state index contributed by atoms with van der Waals surface area (Å²) < 4.78 is 4.25. The summed E-state index contributed by atoms with van der Waals surface area (Å²) in [6, 6.07) is 7.75. The van der Waals surface area contributed by atoms with E-state index in [9.17, 15) is 4.79 Å². The predicted molar refractivity (Wildman–Crippen MR) is 132 cm³/mol. The minimum atomic E-state index is -0.0852. The van der Waals surface area contributed by atoms with Gasteiger partial charge >= 0.3 is 0 Å². The number of carbonyl (C=O) groups excluding carboxylic acids is 1. The van der Waals surface area contributed by atoms with E-state index in [2.05, 4.69) is 15.4 Å². The number of hydrazine groups is 1. The molecule has 174 valence electrons. The average molecular weight is 432 g/mol. The second-order valence-corrected chi connectivity index (χ2v) is 7.00. The topological polar surface area (TPSA) is 106 Å². The van der Waals surface area contributed by atoms with Crippen LogP contribution in [-0.2, 0) is 4.74 Å². The normalized spacial score (nSPS) is 13.6. The first-order chi connectivity index (χ1) is 14.9. The highest BCUT2D eigenvalue weighted by atomic mass is 16.4. The van der Waals surface area contributed by atoms with Crippen LogP contribution in [0, 0.1) is 0 Å². The second-order valence-electron chi connectivity index (χ2n) is 7.00. The van der Waals surface area contributed by atoms with Crippen LogP contribution in [0.5, 0.6) is 0 Å². The van der Waals surface area contributed by atoms with E-state index >= 15 is 0 Å². The van der Waals surface area contributed by atoms with Gasteiger partial charge in [-0.1, -0.05) is 24.3 Å². The summed E-state index contributed by atoms with van der Waals surface area (Å²) in [5.74, 6) is 6.03. The number of nitrogens with one attached hydrogen (secondary N) is 2. The second kappa shape index (κ2) is 17.1. The minimum Gasteiger partial charge on any atom is -0.400 e. The Hall–Kier alpha value is -2.61. The Morgan fingerprint density at radius 2 is 1.68 bits per heavy atom. The largest absolute Gasteiger partial charge is 0.400 e. The fraction of sp³-hybridized carbons (Fsp3) is 0.458. The molecule has 31 heavy (non-hydrogen) atoms. The highest BCUT2D eigenvalue weighted by molar-refractivity contribution is 5.94. The summed E-state index contributed by atoms with van der Waals surface area (Å²) >= 11 is 0. The van der Waals surface area contributed by atoms with Crippen molar-refractivity contribution in [3.8, 4) is 0 Å². The van der Waals surface area contributed by atoms with Gasteiger partial charge in [-0.3, -0.25) is 9.80 Å². The van der Waals surface area contributed by atoms with E-state index in [1.807, 2.05) is 64.1 Å². The fourth-order valence-electron chi connectivity index (χ4n) is 2.28. The Morgan fingerprint density at radius 1 is 1.16 bits per heavy atom. The molecule has 0 unspecified atom stereocenters. The van der Waals surface area contributed by atoms with Gasteiger partial charge in [-0.2, -0.15) is 0 Å². The molecule has 0 saturated heterocycles. The lowest BCUT2D eigenvalue weighted by atomic mass is 10.2. The van der Waals surface area contributed by atoms with Crippen molar-refractivity contribution >= 4 is 11.6 Å². The number of rotatable bonds is 8. The highest BCUT2D eigenvalue weighted by Crippen LogP contribution is 2.20. The van der Waals surface area contributed by atoms with Crippen LogP contribution < -0.4 is 27.2 Å². The Morgan fingerprint density at radius 3 is 2.10 bits per heavy atom. The maximum atomic E-state index is 11.7. The number of allylic oxidation sites excluding steroid dienone is 5. The lowest BCUT2D eigenvalue weighted by molar-refractivity contribution is 0.0956. The van der Waals surface area contributed by atoms with Crippen LogP contribution in [0.4, 0.5) is 5.69 Å². The van der Waals surface area contributed by atoms with Gasteiger partial charge in [0.15, 0.2) is 0 Å². The SMILES string of the molecule is C/C=C\C=C/C.CCNC(=O)c1ccc(N(N)/C(C)=C(\N)CNC2CC2)cc1.COC. The van der Waals surface area contributed by atoms with Crippen molar-refractivity contribution in [3.05, 3.63) is 65.5 Å².